The van der Waals surface area contributed by atoms with Crippen LogP contribution < -0.4 is 0 Å². The molecule has 0 saturated carbocycles. The van der Waals surface area contributed by atoms with Crippen molar-refractivity contribution in [1.82, 2.24) is 9.78 Å². The molecule has 0 amide bonds. The minimum absolute atomic E-state index is 0.379. The van der Waals surface area contributed by atoms with Crippen LogP contribution in [0.4, 0.5) is 0 Å². The van der Waals surface area contributed by atoms with Crippen molar-refractivity contribution < 1.29 is 14.3 Å². The SMILES string of the molecule is COC(=O)c1ccccc1Cn1nc(C=O)cc1C. The predicted octanol–water partition coefficient (Wildman–Crippen LogP) is 1.84. The van der Waals surface area contributed by atoms with Gasteiger partial charge in [0.25, 0.3) is 0 Å². The van der Waals surface area contributed by atoms with Crippen LogP contribution in [0.3, 0.4) is 0 Å². The number of benzene rings is 1. The second kappa shape index (κ2) is 5.48. The largest absolute Gasteiger partial charge is 0.465 e. The van der Waals surface area contributed by atoms with Crippen LogP contribution in [0.25, 0.3) is 0 Å². The summed E-state index contributed by atoms with van der Waals surface area (Å²) >= 11 is 0. The van der Waals surface area contributed by atoms with Gasteiger partial charge in [-0.25, -0.2) is 4.79 Å². The fourth-order valence-electron chi connectivity index (χ4n) is 1.88. The van der Waals surface area contributed by atoms with Gasteiger partial charge in [0, 0.05) is 5.69 Å². The molecule has 5 nitrogen and oxygen atoms in total. The molecule has 2 aromatic rings. The molecule has 1 aromatic carbocycles. The van der Waals surface area contributed by atoms with Gasteiger partial charge in [0.2, 0.25) is 0 Å². The summed E-state index contributed by atoms with van der Waals surface area (Å²) in [7, 11) is 1.35. The predicted molar refractivity (Wildman–Crippen MR) is 69.2 cm³/mol. The van der Waals surface area contributed by atoms with Crippen LogP contribution >= 0.6 is 0 Å². The van der Waals surface area contributed by atoms with Crippen molar-refractivity contribution in [2.24, 2.45) is 0 Å². The number of rotatable bonds is 4. The lowest BCUT2D eigenvalue weighted by Gasteiger charge is -2.09. The molecule has 0 aliphatic heterocycles. The van der Waals surface area contributed by atoms with Gasteiger partial charge in [0.1, 0.15) is 5.69 Å². The van der Waals surface area contributed by atoms with Gasteiger partial charge in [-0.1, -0.05) is 18.2 Å². The molecule has 0 aliphatic rings. The Bertz CT molecular complexity index is 617. The van der Waals surface area contributed by atoms with Crippen molar-refractivity contribution in [1.29, 1.82) is 0 Å². The van der Waals surface area contributed by atoms with Crippen molar-refractivity contribution in [3.05, 3.63) is 52.8 Å². The van der Waals surface area contributed by atoms with Crippen LogP contribution in [0.5, 0.6) is 0 Å². The quantitative estimate of drug-likeness (QED) is 0.620. The zero-order chi connectivity index (χ0) is 13.8. The average Bonchev–Trinajstić information content (AvgIpc) is 2.79. The molecule has 1 aromatic heterocycles. The summed E-state index contributed by atoms with van der Waals surface area (Å²) in [6, 6.07) is 8.88. The summed E-state index contributed by atoms with van der Waals surface area (Å²) in [4.78, 5) is 22.4. The van der Waals surface area contributed by atoms with E-state index in [9.17, 15) is 9.59 Å². The summed E-state index contributed by atoms with van der Waals surface area (Å²) in [6.45, 7) is 2.28. The molecule has 0 N–H and O–H groups in total. The Balaban J connectivity index is 2.35. The van der Waals surface area contributed by atoms with E-state index in [2.05, 4.69) is 5.10 Å². The summed E-state index contributed by atoms with van der Waals surface area (Å²) in [5.41, 5.74) is 2.56. The molecule has 0 bridgehead atoms. The highest BCUT2D eigenvalue weighted by Gasteiger charge is 2.12. The van der Waals surface area contributed by atoms with Gasteiger partial charge < -0.3 is 4.74 Å². The molecular weight excluding hydrogens is 244 g/mol. The molecule has 98 valence electrons. The molecule has 0 atom stereocenters. The number of carbonyl (C=O) groups excluding carboxylic acids is 2. The first-order valence-electron chi connectivity index (χ1n) is 5.81. The number of methoxy groups -OCH3 is 1. The summed E-state index contributed by atoms with van der Waals surface area (Å²) < 4.78 is 6.43. The van der Waals surface area contributed by atoms with Crippen LogP contribution in [-0.2, 0) is 11.3 Å². The maximum atomic E-state index is 11.7. The van der Waals surface area contributed by atoms with E-state index in [0.717, 1.165) is 11.3 Å². The van der Waals surface area contributed by atoms with Gasteiger partial charge >= 0.3 is 5.97 Å². The molecule has 2 rings (SSSR count). The summed E-state index contributed by atoms with van der Waals surface area (Å²) in [5.74, 6) is -0.379. The van der Waals surface area contributed by atoms with E-state index in [4.69, 9.17) is 4.74 Å². The first-order chi connectivity index (χ1) is 9.15. The lowest BCUT2D eigenvalue weighted by atomic mass is 10.1. The normalized spacial score (nSPS) is 10.2. The van der Waals surface area contributed by atoms with E-state index in [1.54, 1.807) is 22.9 Å². The average molecular weight is 258 g/mol. The summed E-state index contributed by atoms with van der Waals surface area (Å²) in [6.07, 6.45) is 0.704. The monoisotopic (exact) mass is 258 g/mol. The number of ether oxygens (including phenoxy) is 1. The van der Waals surface area contributed by atoms with Crippen LogP contribution in [0.1, 0.15) is 32.1 Å². The highest BCUT2D eigenvalue weighted by Crippen LogP contribution is 2.13. The number of carbonyl (C=O) groups is 2. The standard InChI is InChI=1S/C14H14N2O3/c1-10-7-12(9-17)15-16(10)8-11-5-3-4-6-13(11)14(18)19-2/h3-7,9H,8H2,1-2H3. The van der Waals surface area contributed by atoms with E-state index in [1.165, 1.54) is 7.11 Å². The minimum Gasteiger partial charge on any atom is -0.465 e. The van der Waals surface area contributed by atoms with E-state index >= 15 is 0 Å². The molecule has 0 unspecified atom stereocenters. The Labute approximate surface area is 110 Å². The van der Waals surface area contributed by atoms with Crippen molar-refractivity contribution in [2.45, 2.75) is 13.5 Å². The molecule has 5 heteroatoms. The molecule has 1 heterocycles. The van der Waals surface area contributed by atoms with Gasteiger partial charge in [0.05, 0.1) is 19.2 Å². The summed E-state index contributed by atoms with van der Waals surface area (Å²) in [5, 5.41) is 4.15. The number of hydrogen-bond acceptors (Lipinski definition) is 4. The van der Waals surface area contributed by atoms with Gasteiger partial charge in [-0.2, -0.15) is 5.10 Å². The van der Waals surface area contributed by atoms with Gasteiger partial charge in [-0.05, 0) is 24.6 Å². The van der Waals surface area contributed by atoms with Crippen LogP contribution in [0.2, 0.25) is 0 Å². The molecule has 0 aliphatic carbocycles. The number of esters is 1. The number of aryl methyl sites for hydroxylation is 1. The first kappa shape index (κ1) is 13.0. The maximum absolute atomic E-state index is 11.7. The maximum Gasteiger partial charge on any atom is 0.338 e. The van der Waals surface area contributed by atoms with Crippen molar-refractivity contribution in [3.8, 4) is 0 Å². The Morgan fingerprint density at radius 1 is 1.42 bits per heavy atom. The third-order valence-corrected chi connectivity index (χ3v) is 2.86. The second-order valence-electron chi connectivity index (χ2n) is 4.13. The fourth-order valence-corrected chi connectivity index (χ4v) is 1.88. The topological polar surface area (TPSA) is 61.2 Å². The molecule has 0 saturated heterocycles. The molecule has 0 spiro atoms. The van der Waals surface area contributed by atoms with Crippen LogP contribution in [-0.4, -0.2) is 29.1 Å². The number of hydrogen-bond donors (Lipinski definition) is 0. The Morgan fingerprint density at radius 2 is 2.16 bits per heavy atom. The number of aldehydes is 1. The van der Waals surface area contributed by atoms with E-state index in [1.807, 2.05) is 19.1 Å². The lowest BCUT2D eigenvalue weighted by molar-refractivity contribution is 0.0599. The van der Waals surface area contributed by atoms with Crippen LogP contribution in [0, 0.1) is 6.92 Å². The van der Waals surface area contributed by atoms with Gasteiger partial charge in [0.15, 0.2) is 6.29 Å². The third kappa shape index (κ3) is 2.70. The smallest absolute Gasteiger partial charge is 0.338 e. The molecule has 19 heavy (non-hydrogen) atoms. The lowest BCUT2D eigenvalue weighted by Crippen LogP contribution is -2.10. The minimum atomic E-state index is -0.379. The number of aromatic nitrogens is 2. The second-order valence-corrected chi connectivity index (χ2v) is 4.13. The third-order valence-electron chi connectivity index (χ3n) is 2.86. The highest BCUT2D eigenvalue weighted by molar-refractivity contribution is 5.90. The molecular formula is C14H14N2O3. The van der Waals surface area contributed by atoms with E-state index in [0.29, 0.717) is 24.1 Å². The Morgan fingerprint density at radius 3 is 2.79 bits per heavy atom. The van der Waals surface area contributed by atoms with E-state index < -0.39 is 0 Å². The highest BCUT2D eigenvalue weighted by atomic mass is 16.5. The van der Waals surface area contributed by atoms with Gasteiger partial charge in [-0.3, -0.25) is 9.48 Å². The van der Waals surface area contributed by atoms with E-state index in [-0.39, 0.29) is 5.97 Å². The zero-order valence-electron chi connectivity index (χ0n) is 10.8. The van der Waals surface area contributed by atoms with Gasteiger partial charge in [-0.15, -0.1) is 0 Å². The molecule has 0 fully saturated rings. The molecule has 0 radical (unpaired) electrons. The van der Waals surface area contributed by atoms with Crippen molar-refractivity contribution in [2.75, 3.05) is 7.11 Å². The first-order valence-corrected chi connectivity index (χ1v) is 5.81. The van der Waals surface area contributed by atoms with Crippen LogP contribution in [0.15, 0.2) is 30.3 Å². The van der Waals surface area contributed by atoms with Crippen molar-refractivity contribution in [3.63, 3.8) is 0 Å². The zero-order valence-corrected chi connectivity index (χ0v) is 10.8. The van der Waals surface area contributed by atoms with Crippen molar-refractivity contribution >= 4 is 12.3 Å². The Kier molecular flexibility index (Phi) is 3.75. The Hall–Kier alpha value is -2.43. The number of nitrogens with zero attached hydrogens (tertiary/aromatic N) is 2. The fraction of sp³-hybridized carbons (Fsp3) is 0.214.